The molecule has 7 heteroatoms. The van der Waals surface area contributed by atoms with E-state index in [0.29, 0.717) is 22.5 Å². The van der Waals surface area contributed by atoms with Crippen LogP contribution in [0.1, 0.15) is 28.2 Å². The lowest BCUT2D eigenvalue weighted by Gasteiger charge is -2.09. The zero-order valence-electron chi connectivity index (χ0n) is 14.9. The van der Waals surface area contributed by atoms with Crippen LogP contribution < -0.4 is 10.6 Å². The van der Waals surface area contributed by atoms with Crippen LogP contribution in [0.3, 0.4) is 0 Å². The summed E-state index contributed by atoms with van der Waals surface area (Å²) in [4.78, 5) is 33.0. The van der Waals surface area contributed by atoms with Gasteiger partial charge >= 0.3 is 0 Å². The van der Waals surface area contributed by atoms with Crippen molar-refractivity contribution in [3.63, 3.8) is 0 Å². The van der Waals surface area contributed by atoms with Crippen molar-refractivity contribution in [2.75, 3.05) is 10.6 Å². The number of carbonyl (C=O) groups is 2. The van der Waals surface area contributed by atoms with Gasteiger partial charge in [0.25, 0.3) is 5.91 Å². The first-order chi connectivity index (χ1) is 13.0. The second kappa shape index (κ2) is 7.62. The van der Waals surface area contributed by atoms with Gasteiger partial charge in [0.15, 0.2) is 0 Å². The Labute approximate surface area is 156 Å². The smallest absolute Gasteiger partial charge is 0.255 e. The Morgan fingerprint density at radius 1 is 0.963 bits per heavy atom. The third kappa shape index (κ3) is 4.25. The van der Waals surface area contributed by atoms with Gasteiger partial charge in [0.1, 0.15) is 6.42 Å². The van der Waals surface area contributed by atoms with Gasteiger partial charge in [0, 0.05) is 16.9 Å². The molecule has 1 aromatic heterocycles. The predicted octanol–water partition coefficient (Wildman–Crippen LogP) is 3.35. The van der Waals surface area contributed by atoms with E-state index >= 15 is 0 Å². The molecule has 0 saturated heterocycles. The molecule has 2 aromatic carbocycles. The quantitative estimate of drug-likeness (QED) is 0.743. The van der Waals surface area contributed by atoms with Gasteiger partial charge in [0.2, 0.25) is 5.91 Å². The van der Waals surface area contributed by atoms with Crippen molar-refractivity contribution in [1.82, 2.24) is 9.97 Å². The fourth-order valence-electron chi connectivity index (χ4n) is 2.53. The zero-order chi connectivity index (χ0) is 19.4. The van der Waals surface area contributed by atoms with E-state index in [9.17, 15) is 9.59 Å². The predicted molar refractivity (Wildman–Crippen MR) is 102 cm³/mol. The van der Waals surface area contributed by atoms with Crippen molar-refractivity contribution in [1.29, 1.82) is 5.26 Å². The Kier molecular flexibility index (Phi) is 5.08. The van der Waals surface area contributed by atoms with Gasteiger partial charge in [-0.05, 0) is 50.2 Å². The molecule has 0 bridgehead atoms. The van der Waals surface area contributed by atoms with Crippen molar-refractivity contribution >= 4 is 34.2 Å². The summed E-state index contributed by atoms with van der Waals surface area (Å²) < 4.78 is 0. The molecule has 134 valence electrons. The molecule has 2 N–H and O–H groups in total. The van der Waals surface area contributed by atoms with Crippen LogP contribution in [0.25, 0.3) is 11.0 Å². The highest BCUT2D eigenvalue weighted by molar-refractivity contribution is 6.06. The van der Waals surface area contributed by atoms with E-state index in [-0.39, 0.29) is 12.3 Å². The van der Waals surface area contributed by atoms with Crippen molar-refractivity contribution in [2.45, 2.75) is 20.3 Å². The monoisotopic (exact) mass is 359 g/mol. The summed E-state index contributed by atoms with van der Waals surface area (Å²) in [5.74, 6) is -0.697. The van der Waals surface area contributed by atoms with E-state index in [2.05, 4.69) is 20.6 Å². The third-order valence-corrected chi connectivity index (χ3v) is 3.98. The topological polar surface area (TPSA) is 108 Å². The van der Waals surface area contributed by atoms with Crippen LogP contribution in [-0.2, 0) is 4.79 Å². The first-order valence-electron chi connectivity index (χ1n) is 8.29. The van der Waals surface area contributed by atoms with Crippen LogP contribution in [-0.4, -0.2) is 21.8 Å². The number of carbonyl (C=O) groups excluding carboxylic acids is 2. The van der Waals surface area contributed by atoms with Gasteiger partial charge < -0.3 is 10.6 Å². The average molecular weight is 359 g/mol. The molecule has 2 amide bonds. The van der Waals surface area contributed by atoms with Crippen molar-refractivity contribution in [3.8, 4) is 6.07 Å². The highest BCUT2D eigenvalue weighted by atomic mass is 16.2. The van der Waals surface area contributed by atoms with Crippen LogP contribution in [0.15, 0.2) is 42.5 Å². The molecule has 3 aromatic rings. The molecule has 7 nitrogen and oxygen atoms in total. The molecular weight excluding hydrogens is 342 g/mol. The lowest BCUT2D eigenvalue weighted by molar-refractivity contribution is -0.115. The first-order valence-corrected chi connectivity index (χ1v) is 8.29. The molecule has 0 atom stereocenters. The summed E-state index contributed by atoms with van der Waals surface area (Å²) in [6.07, 6.45) is -0.229. The number of nitrogens with one attached hydrogen (secondary N) is 2. The number of benzene rings is 2. The third-order valence-electron chi connectivity index (χ3n) is 3.98. The lowest BCUT2D eigenvalue weighted by Crippen LogP contribution is -2.13. The summed E-state index contributed by atoms with van der Waals surface area (Å²) in [6, 6.07) is 13.7. The molecule has 27 heavy (non-hydrogen) atoms. The molecule has 0 aliphatic carbocycles. The van der Waals surface area contributed by atoms with Crippen LogP contribution in [0.5, 0.6) is 0 Å². The summed E-state index contributed by atoms with van der Waals surface area (Å²) in [5.41, 5.74) is 4.56. The number of amides is 2. The van der Waals surface area contributed by atoms with Crippen molar-refractivity contribution in [3.05, 3.63) is 59.4 Å². The number of hydrogen-bond acceptors (Lipinski definition) is 5. The van der Waals surface area contributed by atoms with E-state index < -0.39 is 5.91 Å². The Hall–Kier alpha value is -3.79. The van der Waals surface area contributed by atoms with Crippen LogP contribution in [0.4, 0.5) is 11.4 Å². The largest absolute Gasteiger partial charge is 0.325 e. The number of aryl methyl sites for hydroxylation is 2. The molecule has 0 saturated carbocycles. The van der Waals surface area contributed by atoms with Crippen molar-refractivity contribution in [2.24, 2.45) is 0 Å². The summed E-state index contributed by atoms with van der Waals surface area (Å²) in [6.45, 7) is 3.77. The van der Waals surface area contributed by atoms with Gasteiger partial charge in [0.05, 0.1) is 28.5 Å². The molecule has 0 aliphatic heterocycles. The van der Waals surface area contributed by atoms with Gasteiger partial charge in [-0.15, -0.1) is 0 Å². The lowest BCUT2D eigenvalue weighted by atomic mass is 10.1. The molecule has 3 rings (SSSR count). The molecule has 0 radical (unpaired) electrons. The molecule has 0 spiro atoms. The van der Waals surface area contributed by atoms with Crippen LogP contribution >= 0.6 is 0 Å². The minimum atomic E-state index is -0.403. The normalized spacial score (nSPS) is 10.3. The number of hydrogen-bond donors (Lipinski definition) is 2. The fraction of sp³-hybridized carbons (Fsp3) is 0.150. The first kappa shape index (κ1) is 18.0. The van der Waals surface area contributed by atoms with E-state index in [1.807, 2.05) is 13.8 Å². The average Bonchev–Trinajstić information content (AvgIpc) is 2.62. The number of anilines is 2. The molecule has 1 heterocycles. The maximum Gasteiger partial charge on any atom is 0.255 e. The Balaban J connectivity index is 1.79. The second-order valence-corrected chi connectivity index (χ2v) is 6.02. The Bertz CT molecular complexity index is 1090. The molecule has 0 aliphatic rings. The molecule has 0 fully saturated rings. The van der Waals surface area contributed by atoms with Crippen LogP contribution in [0.2, 0.25) is 0 Å². The second-order valence-electron chi connectivity index (χ2n) is 6.02. The highest BCUT2D eigenvalue weighted by Gasteiger charge is 2.10. The van der Waals surface area contributed by atoms with Crippen LogP contribution in [0, 0.1) is 25.2 Å². The number of rotatable bonds is 4. The standard InChI is InChI=1S/C20H17N5O2/c1-12-13(2)23-18-10-14(6-7-17(18)22-12)20(27)25-16-5-3-4-15(11-16)24-19(26)8-9-21/h3-7,10-11H,8H2,1-2H3,(H,24,26)(H,25,27). The minimum absolute atomic E-state index is 0.229. The minimum Gasteiger partial charge on any atom is -0.325 e. The Morgan fingerprint density at radius 2 is 1.63 bits per heavy atom. The molecular formula is C20H17N5O2. The van der Waals surface area contributed by atoms with E-state index in [1.54, 1.807) is 48.5 Å². The van der Waals surface area contributed by atoms with Gasteiger partial charge in [-0.2, -0.15) is 5.26 Å². The highest BCUT2D eigenvalue weighted by Crippen LogP contribution is 2.18. The maximum atomic E-state index is 12.6. The number of nitriles is 1. The van der Waals surface area contributed by atoms with E-state index in [4.69, 9.17) is 5.26 Å². The van der Waals surface area contributed by atoms with Crippen molar-refractivity contribution < 1.29 is 9.59 Å². The van der Waals surface area contributed by atoms with Gasteiger partial charge in [-0.3, -0.25) is 9.59 Å². The Morgan fingerprint density at radius 3 is 2.33 bits per heavy atom. The zero-order valence-corrected chi connectivity index (χ0v) is 14.9. The SMILES string of the molecule is Cc1nc2ccc(C(=O)Nc3cccc(NC(=O)CC#N)c3)cc2nc1C. The summed E-state index contributed by atoms with van der Waals surface area (Å²) in [7, 11) is 0. The maximum absolute atomic E-state index is 12.6. The summed E-state index contributed by atoms with van der Waals surface area (Å²) in [5, 5.41) is 13.9. The van der Waals surface area contributed by atoms with E-state index in [0.717, 1.165) is 16.9 Å². The number of aromatic nitrogens is 2. The molecule has 0 unspecified atom stereocenters. The fourth-order valence-corrected chi connectivity index (χ4v) is 2.53. The van der Waals surface area contributed by atoms with Gasteiger partial charge in [-0.25, -0.2) is 9.97 Å². The number of fused-ring (bicyclic) bond motifs is 1. The van der Waals surface area contributed by atoms with Gasteiger partial charge in [-0.1, -0.05) is 6.07 Å². The van der Waals surface area contributed by atoms with E-state index in [1.165, 1.54) is 0 Å². The summed E-state index contributed by atoms with van der Waals surface area (Å²) >= 11 is 0. The number of nitrogens with zero attached hydrogens (tertiary/aromatic N) is 3.